The summed E-state index contributed by atoms with van der Waals surface area (Å²) in [5, 5.41) is 14.3. The van der Waals surface area contributed by atoms with Crippen LogP contribution in [0.1, 0.15) is 23.7 Å². The molecule has 1 N–H and O–H groups in total. The van der Waals surface area contributed by atoms with E-state index in [4.69, 9.17) is 4.74 Å². The van der Waals surface area contributed by atoms with Crippen LogP contribution >= 0.6 is 0 Å². The minimum absolute atomic E-state index is 0.00459. The van der Waals surface area contributed by atoms with Crippen molar-refractivity contribution in [2.24, 2.45) is 0 Å². The lowest BCUT2D eigenvalue weighted by atomic mass is 10.1. The fraction of sp³-hybridized carbons (Fsp3) is 0.500. The molecular formula is C14H19N3O4. The minimum Gasteiger partial charge on any atom is -0.380 e. The van der Waals surface area contributed by atoms with Gasteiger partial charge in [-0.3, -0.25) is 14.9 Å². The Balaban J connectivity index is 2.32. The van der Waals surface area contributed by atoms with Crippen molar-refractivity contribution < 1.29 is 14.5 Å². The Morgan fingerprint density at radius 3 is 2.90 bits per heavy atom. The van der Waals surface area contributed by atoms with Crippen LogP contribution in [0.4, 0.5) is 11.4 Å². The van der Waals surface area contributed by atoms with Gasteiger partial charge in [-0.2, -0.15) is 0 Å². The molecule has 0 aromatic heterocycles. The van der Waals surface area contributed by atoms with Crippen molar-refractivity contribution in [3.63, 3.8) is 0 Å². The van der Waals surface area contributed by atoms with E-state index < -0.39 is 4.92 Å². The largest absolute Gasteiger partial charge is 0.380 e. The molecule has 0 aliphatic carbocycles. The lowest BCUT2D eigenvalue weighted by Crippen LogP contribution is -2.30. The molecule has 114 valence electrons. The molecule has 1 aromatic carbocycles. The van der Waals surface area contributed by atoms with E-state index in [9.17, 15) is 14.9 Å². The molecule has 0 saturated carbocycles. The van der Waals surface area contributed by atoms with Gasteiger partial charge in [0.1, 0.15) is 11.3 Å². The second-order valence-electron chi connectivity index (χ2n) is 4.89. The fourth-order valence-electron chi connectivity index (χ4n) is 2.52. The third-order valence-electron chi connectivity index (χ3n) is 3.58. The number of nitrogens with zero attached hydrogens (tertiary/aromatic N) is 2. The van der Waals surface area contributed by atoms with Crippen LogP contribution in [0, 0.1) is 10.1 Å². The first kappa shape index (κ1) is 15.2. The van der Waals surface area contributed by atoms with Crippen LogP contribution < -0.4 is 5.32 Å². The van der Waals surface area contributed by atoms with Gasteiger partial charge < -0.3 is 15.0 Å². The van der Waals surface area contributed by atoms with E-state index in [0.717, 1.165) is 6.42 Å². The van der Waals surface area contributed by atoms with Crippen molar-refractivity contribution in [1.29, 1.82) is 0 Å². The number of para-hydroxylation sites is 1. The molecule has 1 aliphatic rings. The second-order valence-corrected chi connectivity index (χ2v) is 4.89. The van der Waals surface area contributed by atoms with Crippen LogP contribution in [0.25, 0.3) is 0 Å². The normalized spacial score (nSPS) is 17.8. The highest BCUT2D eigenvalue weighted by atomic mass is 16.6. The molecule has 21 heavy (non-hydrogen) atoms. The molecule has 0 radical (unpaired) electrons. The van der Waals surface area contributed by atoms with Gasteiger partial charge >= 0.3 is 5.69 Å². The summed E-state index contributed by atoms with van der Waals surface area (Å²) in [6.07, 6.45) is 0.758. The summed E-state index contributed by atoms with van der Waals surface area (Å²) in [5.41, 5.74) is 0.330. The lowest BCUT2D eigenvalue weighted by Gasteiger charge is -2.17. The van der Waals surface area contributed by atoms with Crippen LogP contribution in [-0.4, -0.2) is 48.6 Å². The molecule has 1 aromatic rings. The molecule has 1 amide bonds. The van der Waals surface area contributed by atoms with Gasteiger partial charge in [-0.1, -0.05) is 6.07 Å². The van der Waals surface area contributed by atoms with Crippen molar-refractivity contribution in [2.45, 2.75) is 19.4 Å². The minimum atomic E-state index is -0.505. The second kappa shape index (κ2) is 6.53. The van der Waals surface area contributed by atoms with Crippen LogP contribution in [0.2, 0.25) is 0 Å². The number of carbonyl (C=O) groups excluding carboxylic acids is 1. The van der Waals surface area contributed by atoms with Gasteiger partial charge in [-0.15, -0.1) is 0 Å². The number of anilines is 1. The first-order valence-corrected chi connectivity index (χ1v) is 6.91. The fourth-order valence-corrected chi connectivity index (χ4v) is 2.52. The third-order valence-corrected chi connectivity index (χ3v) is 3.58. The van der Waals surface area contributed by atoms with Crippen LogP contribution in [0.3, 0.4) is 0 Å². The molecule has 1 fully saturated rings. The Bertz CT molecular complexity index is 547. The number of ether oxygens (including phenoxy) is 1. The zero-order valence-electron chi connectivity index (χ0n) is 12.2. The number of rotatable bonds is 5. The summed E-state index contributed by atoms with van der Waals surface area (Å²) in [6, 6.07) is 4.77. The highest BCUT2D eigenvalue weighted by molar-refractivity contribution is 6.00. The number of nitro benzene ring substituents is 1. The summed E-state index contributed by atoms with van der Waals surface area (Å²) < 4.78 is 5.23. The third kappa shape index (κ3) is 3.13. The monoisotopic (exact) mass is 293 g/mol. The Labute approximate surface area is 123 Å². The number of carbonyl (C=O) groups is 1. The van der Waals surface area contributed by atoms with Crippen LogP contribution in [-0.2, 0) is 4.74 Å². The van der Waals surface area contributed by atoms with E-state index in [2.05, 4.69) is 5.32 Å². The van der Waals surface area contributed by atoms with E-state index in [1.807, 2.05) is 6.92 Å². The maximum atomic E-state index is 12.5. The zero-order chi connectivity index (χ0) is 15.4. The van der Waals surface area contributed by atoms with Crippen LogP contribution in [0.5, 0.6) is 0 Å². The zero-order valence-corrected chi connectivity index (χ0v) is 12.2. The Morgan fingerprint density at radius 2 is 2.33 bits per heavy atom. The van der Waals surface area contributed by atoms with E-state index in [-0.39, 0.29) is 23.3 Å². The summed E-state index contributed by atoms with van der Waals surface area (Å²) in [4.78, 5) is 25.0. The average molecular weight is 293 g/mol. The average Bonchev–Trinajstić information content (AvgIpc) is 2.95. The van der Waals surface area contributed by atoms with E-state index >= 15 is 0 Å². The maximum absolute atomic E-state index is 12.5. The lowest BCUT2D eigenvalue weighted by molar-refractivity contribution is -0.384. The first-order valence-electron chi connectivity index (χ1n) is 6.91. The van der Waals surface area contributed by atoms with Gasteiger partial charge in [0.05, 0.1) is 11.0 Å². The number of amides is 1. The number of likely N-dealkylation sites (tertiary alicyclic amines) is 1. The quantitative estimate of drug-likeness (QED) is 0.662. The topological polar surface area (TPSA) is 84.7 Å². The Hall–Kier alpha value is -2.15. The smallest absolute Gasteiger partial charge is 0.305 e. The van der Waals surface area contributed by atoms with Gasteiger partial charge in [0.25, 0.3) is 5.91 Å². The standard InChI is InChI=1S/C14H19N3O4/c1-3-15-12-6-4-5-11(13(12)17(19)20)14(18)16-8-7-10(9-16)21-2/h4-6,10,15H,3,7-9H2,1-2H3. The number of nitro groups is 1. The number of nitrogens with one attached hydrogen (secondary N) is 1. The van der Waals surface area contributed by atoms with E-state index in [1.54, 1.807) is 24.1 Å². The molecule has 7 heteroatoms. The highest BCUT2D eigenvalue weighted by Gasteiger charge is 2.32. The molecule has 1 saturated heterocycles. The SMILES string of the molecule is CCNc1cccc(C(=O)N2CCC(OC)C2)c1[N+](=O)[O-]. The van der Waals surface area contributed by atoms with Crippen molar-refractivity contribution in [3.8, 4) is 0 Å². The number of hydrogen-bond donors (Lipinski definition) is 1. The Morgan fingerprint density at radius 1 is 1.57 bits per heavy atom. The molecule has 0 bridgehead atoms. The van der Waals surface area contributed by atoms with Crippen molar-refractivity contribution >= 4 is 17.3 Å². The first-order chi connectivity index (χ1) is 10.1. The number of methoxy groups -OCH3 is 1. The molecule has 2 rings (SSSR count). The highest BCUT2D eigenvalue weighted by Crippen LogP contribution is 2.30. The van der Waals surface area contributed by atoms with E-state index in [1.165, 1.54) is 6.07 Å². The summed E-state index contributed by atoms with van der Waals surface area (Å²) in [5.74, 6) is -0.319. The van der Waals surface area contributed by atoms with Crippen molar-refractivity contribution in [1.82, 2.24) is 4.90 Å². The van der Waals surface area contributed by atoms with Crippen molar-refractivity contribution in [3.05, 3.63) is 33.9 Å². The predicted octanol–water partition coefficient (Wildman–Crippen LogP) is 1.89. The van der Waals surface area contributed by atoms with Gasteiger partial charge in [0.15, 0.2) is 0 Å². The van der Waals surface area contributed by atoms with Crippen LogP contribution in [0.15, 0.2) is 18.2 Å². The van der Waals surface area contributed by atoms with Gasteiger partial charge in [0.2, 0.25) is 0 Å². The molecule has 1 unspecified atom stereocenters. The summed E-state index contributed by atoms with van der Waals surface area (Å²) >= 11 is 0. The summed E-state index contributed by atoms with van der Waals surface area (Å²) in [6.45, 7) is 3.42. The Kier molecular flexibility index (Phi) is 4.74. The summed E-state index contributed by atoms with van der Waals surface area (Å²) in [7, 11) is 1.60. The number of hydrogen-bond acceptors (Lipinski definition) is 5. The van der Waals surface area contributed by atoms with E-state index in [0.29, 0.717) is 25.3 Å². The van der Waals surface area contributed by atoms with Gasteiger partial charge in [0, 0.05) is 26.7 Å². The molecule has 1 aliphatic heterocycles. The predicted molar refractivity (Wildman–Crippen MR) is 78.6 cm³/mol. The molecule has 0 spiro atoms. The van der Waals surface area contributed by atoms with Gasteiger partial charge in [-0.05, 0) is 25.5 Å². The molecule has 1 atom stereocenters. The number of benzene rings is 1. The molecular weight excluding hydrogens is 274 g/mol. The molecule has 1 heterocycles. The molecule has 7 nitrogen and oxygen atoms in total. The van der Waals surface area contributed by atoms with Crippen molar-refractivity contribution in [2.75, 3.05) is 32.1 Å². The maximum Gasteiger partial charge on any atom is 0.305 e. The van der Waals surface area contributed by atoms with Gasteiger partial charge in [-0.25, -0.2) is 0 Å².